The summed E-state index contributed by atoms with van der Waals surface area (Å²) in [5.41, 5.74) is -0.547. The quantitative estimate of drug-likeness (QED) is 0.891. The van der Waals surface area contributed by atoms with Gasteiger partial charge in [0.05, 0.1) is 6.54 Å². The molecule has 0 aliphatic carbocycles. The molecule has 0 radical (unpaired) electrons. The number of nitrogens with zero attached hydrogens (tertiary/aromatic N) is 5. The van der Waals surface area contributed by atoms with Crippen molar-refractivity contribution in [2.24, 2.45) is 7.05 Å². The van der Waals surface area contributed by atoms with Crippen LogP contribution in [0.2, 0.25) is 0 Å². The summed E-state index contributed by atoms with van der Waals surface area (Å²) in [4.78, 5) is 20.2. The van der Waals surface area contributed by atoms with Crippen LogP contribution in [0.25, 0.3) is 0 Å². The van der Waals surface area contributed by atoms with Gasteiger partial charge in [0.15, 0.2) is 0 Å². The monoisotopic (exact) mass is 315 g/mol. The summed E-state index contributed by atoms with van der Waals surface area (Å²) in [6.07, 6.45) is 4.07. The van der Waals surface area contributed by atoms with Gasteiger partial charge in [-0.3, -0.25) is 9.48 Å². The minimum absolute atomic E-state index is 0.185. The number of hydrogen-bond donors (Lipinski definition) is 1. The van der Waals surface area contributed by atoms with Crippen molar-refractivity contribution in [1.82, 2.24) is 19.7 Å². The van der Waals surface area contributed by atoms with E-state index in [9.17, 15) is 9.90 Å². The summed E-state index contributed by atoms with van der Waals surface area (Å²) in [6, 6.07) is 7.40. The summed E-state index contributed by atoms with van der Waals surface area (Å²) < 4.78 is 1.59. The van der Waals surface area contributed by atoms with Crippen molar-refractivity contribution in [3.8, 4) is 0 Å². The van der Waals surface area contributed by atoms with Crippen LogP contribution in [-0.4, -0.2) is 63.0 Å². The van der Waals surface area contributed by atoms with E-state index in [1.807, 2.05) is 23.1 Å². The molecule has 2 aromatic rings. The summed E-state index contributed by atoms with van der Waals surface area (Å²) in [5, 5.41) is 14.9. The SMILES string of the molecule is CN(C[C@]1(O)CCN(c2ccccn2)C1)C(=O)c1ccn(C)n1. The van der Waals surface area contributed by atoms with Crippen LogP contribution in [0.15, 0.2) is 36.7 Å². The molecule has 3 rings (SSSR count). The van der Waals surface area contributed by atoms with Gasteiger partial charge >= 0.3 is 0 Å². The van der Waals surface area contributed by atoms with Gasteiger partial charge in [0.25, 0.3) is 5.91 Å². The number of aliphatic hydroxyl groups is 1. The van der Waals surface area contributed by atoms with Gasteiger partial charge in [-0.25, -0.2) is 4.98 Å². The number of aryl methyl sites for hydroxylation is 1. The van der Waals surface area contributed by atoms with Crippen LogP contribution in [0, 0.1) is 0 Å². The van der Waals surface area contributed by atoms with Gasteiger partial charge in [-0.2, -0.15) is 5.10 Å². The Morgan fingerprint density at radius 1 is 1.43 bits per heavy atom. The fourth-order valence-electron chi connectivity index (χ4n) is 2.96. The average Bonchev–Trinajstić information content (AvgIpc) is 3.14. The zero-order valence-corrected chi connectivity index (χ0v) is 13.4. The van der Waals surface area contributed by atoms with Crippen molar-refractivity contribution < 1.29 is 9.90 Å². The molecular weight excluding hydrogens is 294 g/mol. The normalized spacial score (nSPS) is 20.7. The van der Waals surface area contributed by atoms with E-state index in [-0.39, 0.29) is 12.5 Å². The lowest BCUT2D eigenvalue weighted by Crippen LogP contribution is -2.46. The molecule has 2 aromatic heterocycles. The highest BCUT2D eigenvalue weighted by atomic mass is 16.3. The van der Waals surface area contributed by atoms with Crippen LogP contribution in [0.1, 0.15) is 16.9 Å². The second-order valence-electron chi connectivity index (χ2n) is 6.12. The third-order valence-corrected chi connectivity index (χ3v) is 4.12. The molecule has 23 heavy (non-hydrogen) atoms. The molecular formula is C16H21N5O2. The number of rotatable bonds is 4. The smallest absolute Gasteiger partial charge is 0.274 e. The van der Waals surface area contributed by atoms with Gasteiger partial charge in [0.1, 0.15) is 17.1 Å². The van der Waals surface area contributed by atoms with Gasteiger partial charge < -0.3 is 14.9 Å². The van der Waals surface area contributed by atoms with Crippen molar-refractivity contribution in [2.45, 2.75) is 12.0 Å². The molecule has 1 aliphatic rings. The van der Waals surface area contributed by atoms with Crippen LogP contribution in [0.4, 0.5) is 5.82 Å². The molecule has 0 bridgehead atoms. The summed E-state index contributed by atoms with van der Waals surface area (Å²) >= 11 is 0. The summed E-state index contributed by atoms with van der Waals surface area (Å²) in [6.45, 7) is 1.45. The van der Waals surface area contributed by atoms with Crippen LogP contribution < -0.4 is 4.90 Å². The zero-order valence-electron chi connectivity index (χ0n) is 13.4. The van der Waals surface area contributed by atoms with E-state index in [4.69, 9.17) is 0 Å². The Morgan fingerprint density at radius 2 is 2.26 bits per heavy atom. The van der Waals surface area contributed by atoms with Crippen LogP contribution in [-0.2, 0) is 7.05 Å². The van der Waals surface area contributed by atoms with E-state index in [0.29, 0.717) is 18.7 Å². The fourth-order valence-corrected chi connectivity index (χ4v) is 2.96. The molecule has 7 heteroatoms. The fraction of sp³-hybridized carbons (Fsp3) is 0.438. The lowest BCUT2D eigenvalue weighted by molar-refractivity contribution is 0.0261. The minimum atomic E-state index is -0.934. The largest absolute Gasteiger partial charge is 0.386 e. The molecule has 0 aromatic carbocycles. The number of carbonyl (C=O) groups excluding carboxylic acids is 1. The summed E-state index contributed by atoms with van der Waals surface area (Å²) in [5.74, 6) is 0.664. The Labute approximate surface area is 135 Å². The minimum Gasteiger partial charge on any atom is -0.386 e. The number of pyridine rings is 1. The predicted octanol–water partition coefficient (Wildman–Crippen LogP) is 0.528. The van der Waals surface area contributed by atoms with E-state index >= 15 is 0 Å². The van der Waals surface area contributed by atoms with E-state index in [2.05, 4.69) is 10.1 Å². The number of anilines is 1. The highest BCUT2D eigenvalue weighted by molar-refractivity contribution is 5.92. The molecule has 1 fully saturated rings. The molecule has 1 saturated heterocycles. The molecule has 0 saturated carbocycles. The third-order valence-electron chi connectivity index (χ3n) is 4.12. The number of carbonyl (C=O) groups is 1. The summed E-state index contributed by atoms with van der Waals surface area (Å²) in [7, 11) is 3.46. The molecule has 0 unspecified atom stereocenters. The van der Waals surface area contributed by atoms with Crippen LogP contribution >= 0.6 is 0 Å². The van der Waals surface area contributed by atoms with Gasteiger partial charge in [0.2, 0.25) is 0 Å². The lowest BCUT2D eigenvalue weighted by atomic mass is 10.0. The third kappa shape index (κ3) is 3.34. The molecule has 7 nitrogen and oxygen atoms in total. The van der Waals surface area contributed by atoms with Gasteiger partial charge in [-0.1, -0.05) is 6.07 Å². The molecule has 1 aliphatic heterocycles. The second kappa shape index (κ2) is 6.00. The van der Waals surface area contributed by atoms with Crippen LogP contribution in [0.5, 0.6) is 0 Å². The first-order valence-corrected chi connectivity index (χ1v) is 7.60. The Kier molecular flexibility index (Phi) is 4.04. The van der Waals surface area contributed by atoms with Crippen molar-refractivity contribution >= 4 is 11.7 Å². The Hall–Kier alpha value is -2.41. The second-order valence-corrected chi connectivity index (χ2v) is 6.12. The number of hydrogen-bond acceptors (Lipinski definition) is 5. The van der Waals surface area contributed by atoms with E-state index in [1.54, 1.807) is 37.2 Å². The van der Waals surface area contributed by atoms with E-state index in [1.165, 1.54) is 4.90 Å². The molecule has 1 amide bonds. The number of β-amino-alcohol motifs (C(OH)–C–C–N with tert-alkyl or cyclic N) is 1. The zero-order chi connectivity index (χ0) is 16.4. The highest BCUT2D eigenvalue weighted by Crippen LogP contribution is 2.26. The number of aromatic nitrogens is 3. The standard InChI is InChI=1S/C16H21N5O2/c1-19(15(22)13-6-9-20(2)18-13)11-16(23)7-10-21(12-16)14-5-3-4-8-17-14/h3-6,8-9,23H,7,10-12H2,1-2H3/t16-/m1/s1. The van der Waals surface area contributed by atoms with Crippen molar-refractivity contribution in [3.63, 3.8) is 0 Å². The first kappa shape index (κ1) is 15.5. The number of amides is 1. The lowest BCUT2D eigenvalue weighted by Gasteiger charge is -2.28. The maximum absolute atomic E-state index is 12.4. The van der Waals surface area contributed by atoms with Crippen molar-refractivity contribution in [3.05, 3.63) is 42.4 Å². The predicted molar refractivity (Wildman–Crippen MR) is 86.2 cm³/mol. The molecule has 1 N–H and O–H groups in total. The Balaban J connectivity index is 1.64. The maximum atomic E-state index is 12.4. The van der Waals surface area contributed by atoms with Crippen molar-refractivity contribution in [1.29, 1.82) is 0 Å². The number of likely N-dealkylation sites (N-methyl/N-ethyl adjacent to an activating group) is 1. The van der Waals surface area contributed by atoms with Gasteiger partial charge in [-0.15, -0.1) is 0 Å². The van der Waals surface area contributed by atoms with E-state index in [0.717, 1.165) is 12.4 Å². The van der Waals surface area contributed by atoms with Crippen LogP contribution in [0.3, 0.4) is 0 Å². The van der Waals surface area contributed by atoms with Crippen molar-refractivity contribution in [2.75, 3.05) is 31.6 Å². The van der Waals surface area contributed by atoms with Gasteiger partial charge in [0, 0.05) is 39.6 Å². The molecule has 0 spiro atoms. The molecule has 3 heterocycles. The molecule has 1 atom stereocenters. The highest BCUT2D eigenvalue weighted by Gasteiger charge is 2.38. The Bertz CT molecular complexity index is 687. The molecule has 122 valence electrons. The first-order valence-electron chi connectivity index (χ1n) is 7.60. The Morgan fingerprint density at radius 3 is 2.91 bits per heavy atom. The average molecular weight is 315 g/mol. The first-order chi connectivity index (χ1) is 11.0. The maximum Gasteiger partial charge on any atom is 0.274 e. The van der Waals surface area contributed by atoms with E-state index < -0.39 is 5.60 Å². The topological polar surface area (TPSA) is 74.5 Å². The van der Waals surface area contributed by atoms with Gasteiger partial charge in [-0.05, 0) is 24.6 Å².